The van der Waals surface area contributed by atoms with E-state index in [2.05, 4.69) is 42.3 Å². The van der Waals surface area contributed by atoms with Crippen LogP contribution in [-0.2, 0) is 6.54 Å². The zero-order chi connectivity index (χ0) is 11.1. The molecule has 2 nitrogen and oxygen atoms in total. The summed E-state index contributed by atoms with van der Waals surface area (Å²) in [5.41, 5.74) is 1.35. The monoisotopic (exact) mass is 225 g/mol. The summed E-state index contributed by atoms with van der Waals surface area (Å²) in [5.74, 6) is 0. The molecule has 0 bridgehead atoms. The average Bonchev–Trinajstić information content (AvgIpc) is 2.29. The third kappa shape index (κ3) is 3.86. The highest BCUT2D eigenvalue weighted by Crippen LogP contribution is 2.21. The van der Waals surface area contributed by atoms with E-state index in [0.717, 1.165) is 19.6 Å². The van der Waals surface area contributed by atoms with Crippen molar-refractivity contribution in [2.75, 3.05) is 26.0 Å². The third-order valence-corrected chi connectivity index (χ3v) is 3.29. The first kappa shape index (κ1) is 12.6. The lowest BCUT2D eigenvalue weighted by Gasteiger charge is -2.20. The van der Waals surface area contributed by atoms with Gasteiger partial charge >= 0.3 is 0 Å². The summed E-state index contributed by atoms with van der Waals surface area (Å²) in [6, 6.07) is 8.44. The van der Waals surface area contributed by atoms with Gasteiger partial charge in [0.2, 0.25) is 0 Å². The molecule has 1 rings (SSSR count). The van der Waals surface area contributed by atoms with E-state index >= 15 is 0 Å². The third-order valence-electron chi connectivity index (χ3n) is 2.45. The van der Waals surface area contributed by atoms with E-state index in [9.17, 15) is 0 Å². The van der Waals surface area contributed by atoms with Crippen LogP contribution in [0.15, 0.2) is 29.2 Å². The first-order chi connectivity index (χ1) is 7.31. The molecule has 0 aliphatic heterocycles. The van der Waals surface area contributed by atoms with Crippen LogP contribution in [0.3, 0.4) is 0 Å². The molecular weight excluding hydrogens is 206 g/mol. The van der Waals surface area contributed by atoms with E-state index < -0.39 is 0 Å². The second kappa shape index (κ2) is 6.88. The molecule has 15 heavy (non-hydrogen) atoms. The standard InChI is InChI=1S/C12H19NOS/c1-3-13(8-9-14)10-11-6-4-5-7-12(11)15-2/h4-7,14H,3,8-10H2,1-2H3. The SMILES string of the molecule is CCN(CCO)Cc1ccccc1SC. The Labute approximate surface area is 96.3 Å². The number of benzene rings is 1. The van der Waals surface area contributed by atoms with Crippen molar-refractivity contribution in [2.24, 2.45) is 0 Å². The van der Waals surface area contributed by atoms with Gasteiger partial charge in [0.1, 0.15) is 0 Å². The Hall–Kier alpha value is -0.510. The van der Waals surface area contributed by atoms with E-state index in [-0.39, 0.29) is 6.61 Å². The first-order valence-corrected chi connectivity index (χ1v) is 6.49. The van der Waals surface area contributed by atoms with Crippen molar-refractivity contribution in [1.82, 2.24) is 4.90 Å². The van der Waals surface area contributed by atoms with Crippen LogP contribution in [0.4, 0.5) is 0 Å². The largest absolute Gasteiger partial charge is 0.395 e. The number of rotatable bonds is 6. The van der Waals surface area contributed by atoms with Crippen LogP contribution >= 0.6 is 11.8 Å². The van der Waals surface area contributed by atoms with Gasteiger partial charge in [0.25, 0.3) is 0 Å². The molecule has 1 aromatic carbocycles. The van der Waals surface area contributed by atoms with Crippen LogP contribution < -0.4 is 0 Å². The van der Waals surface area contributed by atoms with E-state index in [0.29, 0.717) is 0 Å². The van der Waals surface area contributed by atoms with Crippen LogP contribution in [0.1, 0.15) is 12.5 Å². The Morgan fingerprint density at radius 1 is 1.33 bits per heavy atom. The summed E-state index contributed by atoms with van der Waals surface area (Å²) in [5, 5.41) is 8.93. The van der Waals surface area contributed by atoms with E-state index in [1.807, 2.05) is 0 Å². The Bertz CT molecular complexity index is 291. The highest BCUT2D eigenvalue weighted by molar-refractivity contribution is 7.98. The molecule has 0 aliphatic rings. The molecule has 3 heteroatoms. The van der Waals surface area contributed by atoms with Gasteiger partial charge in [-0.3, -0.25) is 4.90 Å². The van der Waals surface area contributed by atoms with E-state index in [1.165, 1.54) is 10.5 Å². The van der Waals surface area contributed by atoms with Gasteiger partial charge in [0, 0.05) is 18.0 Å². The van der Waals surface area contributed by atoms with Crippen molar-refractivity contribution in [2.45, 2.75) is 18.4 Å². The van der Waals surface area contributed by atoms with Crippen molar-refractivity contribution in [3.63, 3.8) is 0 Å². The first-order valence-electron chi connectivity index (χ1n) is 5.27. The minimum absolute atomic E-state index is 0.231. The molecular formula is C12H19NOS. The number of hydrogen-bond donors (Lipinski definition) is 1. The fourth-order valence-electron chi connectivity index (χ4n) is 1.56. The molecule has 1 N–H and O–H groups in total. The van der Waals surface area contributed by atoms with E-state index in [4.69, 9.17) is 5.11 Å². The number of hydrogen-bond acceptors (Lipinski definition) is 3. The summed E-state index contributed by atoms with van der Waals surface area (Å²) in [4.78, 5) is 3.57. The molecule has 84 valence electrons. The Kier molecular flexibility index (Phi) is 5.76. The minimum atomic E-state index is 0.231. The van der Waals surface area contributed by atoms with Gasteiger partial charge in [0.15, 0.2) is 0 Å². The van der Waals surface area contributed by atoms with Crippen LogP contribution in [0.25, 0.3) is 0 Å². The predicted octanol–water partition coefficient (Wildman–Crippen LogP) is 2.22. The summed E-state index contributed by atoms with van der Waals surface area (Å²) >= 11 is 1.78. The quantitative estimate of drug-likeness (QED) is 0.751. The fraction of sp³-hybridized carbons (Fsp3) is 0.500. The molecule has 0 atom stereocenters. The lowest BCUT2D eigenvalue weighted by molar-refractivity contribution is 0.196. The molecule has 0 unspecified atom stereocenters. The number of likely N-dealkylation sites (N-methyl/N-ethyl adjacent to an activating group) is 1. The molecule has 0 spiro atoms. The van der Waals surface area contributed by atoms with Crippen molar-refractivity contribution < 1.29 is 5.11 Å². The zero-order valence-corrected chi connectivity index (χ0v) is 10.3. The van der Waals surface area contributed by atoms with Gasteiger partial charge in [-0.25, -0.2) is 0 Å². The second-order valence-electron chi connectivity index (χ2n) is 3.40. The van der Waals surface area contributed by atoms with Crippen LogP contribution in [0.2, 0.25) is 0 Å². The van der Waals surface area contributed by atoms with Crippen LogP contribution in [0.5, 0.6) is 0 Å². The van der Waals surface area contributed by atoms with Gasteiger partial charge in [-0.1, -0.05) is 25.1 Å². The Morgan fingerprint density at radius 2 is 2.07 bits per heavy atom. The highest BCUT2D eigenvalue weighted by atomic mass is 32.2. The van der Waals surface area contributed by atoms with E-state index in [1.54, 1.807) is 11.8 Å². The normalized spacial score (nSPS) is 10.9. The van der Waals surface area contributed by atoms with Gasteiger partial charge in [0.05, 0.1) is 6.61 Å². The molecule has 1 aromatic rings. The lowest BCUT2D eigenvalue weighted by atomic mass is 10.2. The summed E-state index contributed by atoms with van der Waals surface area (Å²) in [7, 11) is 0. The smallest absolute Gasteiger partial charge is 0.0558 e. The Balaban J connectivity index is 2.69. The number of nitrogens with zero attached hydrogens (tertiary/aromatic N) is 1. The average molecular weight is 225 g/mol. The lowest BCUT2D eigenvalue weighted by Crippen LogP contribution is -2.26. The van der Waals surface area contributed by atoms with Gasteiger partial charge < -0.3 is 5.11 Å². The Morgan fingerprint density at radius 3 is 2.67 bits per heavy atom. The summed E-state index contributed by atoms with van der Waals surface area (Å²) in [6.45, 7) is 5.00. The van der Waals surface area contributed by atoms with Crippen molar-refractivity contribution in [3.8, 4) is 0 Å². The molecule has 0 saturated carbocycles. The second-order valence-corrected chi connectivity index (χ2v) is 4.25. The number of aliphatic hydroxyl groups is 1. The van der Waals surface area contributed by atoms with Crippen molar-refractivity contribution in [3.05, 3.63) is 29.8 Å². The van der Waals surface area contributed by atoms with Crippen LogP contribution in [-0.4, -0.2) is 36.0 Å². The van der Waals surface area contributed by atoms with Crippen LogP contribution in [0, 0.1) is 0 Å². The topological polar surface area (TPSA) is 23.5 Å². The molecule has 0 radical (unpaired) electrons. The van der Waals surface area contributed by atoms with Gasteiger partial charge in [-0.15, -0.1) is 11.8 Å². The maximum absolute atomic E-state index is 8.93. The van der Waals surface area contributed by atoms with Gasteiger partial charge in [-0.05, 0) is 24.4 Å². The number of thioether (sulfide) groups is 1. The maximum atomic E-state index is 8.93. The minimum Gasteiger partial charge on any atom is -0.395 e. The van der Waals surface area contributed by atoms with Crippen molar-refractivity contribution in [1.29, 1.82) is 0 Å². The molecule has 0 aromatic heterocycles. The molecule has 0 heterocycles. The molecule has 0 saturated heterocycles. The molecule has 0 fully saturated rings. The van der Waals surface area contributed by atoms with Crippen molar-refractivity contribution >= 4 is 11.8 Å². The summed E-state index contributed by atoms with van der Waals surface area (Å²) < 4.78 is 0. The predicted molar refractivity (Wildman–Crippen MR) is 66.3 cm³/mol. The summed E-state index contributed by atoms with van der Waals surface area (Å²) in [6.07, 6.45) is 2.10. The fourth-order valence-corrected chi connectivity index (χ4v) is 2.17. The number of aliphatic hydroxyl groups excluding tert-OH is 1. The van der Waals surface area contributed by atoms with Gasteiger partial charge in [-0.2, -0.15) is 0 Å². The molecule has 0 aliphatic carbocycles. The maximum Gasteiger partial charge on any atom is 0.0558 e. The molecule has 0 amide bonds. The highest BCUT2D eigenvalue weighted by Gasteiger charge is 2.05. The zero-order valence-electron chi connectivity index (χ0n) is 9.44.